The minimum atomic E-state index is -0.744. The molecule has 0 fully saturated rings. The molecule has 5 nitrogen and oxygen atoms in total. The Labute approximate surface area is 89.6 Å². The second kappa shape index (κ2) is 4.53. The van der Waals surface area contributed by atoms with Crippen LogP contribution in [0.2, 0.25) is 0 Å². The third-order valence-electron chi connectivity index (χ3n) is 2.40. The van der Waals surface area contributed by atoms with Gasteiger partial charge in [0.1, 0.15) is 0 Å². The third-order valence-corrected chi connectivity index (χ3v) is 2.40. The van der Waals surface area contributed by atoms with Crippen LogP contribution < -0.4 is 5.73 Å². The van der Waals surface area contributed by atoms with Gasteiger partial charge in [-0.1, -0.05) is 18.6 Å². The van der Waals surface area contributed by atoms with E-state index in [9.17, 15) is 4.79 Å². The number of nitrogens with zero attached hydrogens (tertiary/aromatic N) is 3. The topological polar surface area (TPSA) is 73.8 Å². The number of nitrogens with two attached hydrogens (primary N) is 1. The van der Waals surface area contributed by atoms with Crippen LogP contribution in [-0.4, -0.2) is 26.3 Å². The summed E-state index contributed by atoms with van der Waals surface area (Å²) in [7, 11) is 1.77. The molecule has 1 rings (SSSR count). The summed E-state index contributed by atoms with van der Waals surface area (Å²) in [6.07, 6.45) is 3.60. The SMILES string of the molecule is CCCC(C)(N)C(=O)Cc1cn(C)nn1. The zero-order valence-corrected chi connectivity index (χ0v) is 9.53. The average Bonchev–Trinajstić information content (AvgIpc) is 2.51. The number of aryl methyl sites for hydroxylation is 1. The number of Topliss-reactive ketones (excluding diaryl/α,β-unsaturated/α-hetero) is 1. The Kier molecular flexibility index (Phi) is 3.57. The number of aromatic nitrogens is 3. The summed E-state index contributed by atoms with van der Waals surface area (Å²) >= 11 is 0. The van der Waals surface area contributed by atoms with Crippen LogP contribution in [0.5, 0.6) is 0 Å². The van der Waals surface area contributed by atoms with Gasteiger partial charge >= 0.3 is 0 Å². The number of carbonyl (C=O) groups excluding carboxylic acids is 1. The molecule has 0 saturated heterocycles. The molecule has 1 aromatic rings. The van der Waals surface area contributed by atoms with Gasteiger partial charge in [0.15, 0.2) is 5.78 Å². The minimum absolute atomic E-state index is 0.0184. The molecular formula is C10H18N4O. The summed E-state index contributed by atoms with van der Waals surface area (Å²) < 4.78 is 1.58. The largest absolute Gasteiger partial charge is 0.319 e. The molecule has 15 heavy (non-hydrogen) atoms. The standard InChI is InChI=1S/C10H18N4O/c1-4-5-10(2,11)9(15)6-8-7-14(3)13-12-8/h7H,4-6,11H2,1-3H3. The van der Waals surface area contributed by atoms with Crippen LogP contribution in [0.4, 0.5) is 0 Å². The third kappa shape index (κ3) is 3.13. The van der Waals surface area contributed by atoms with Crippen LogP contribution in [-0.2, 0) is 18.3 Å². The quantitative estimate of drug-likeness (QED) is 0.765. The highest BCUT2D eigenvalue weighted by Gasteiger charge is 2.27. The molecule has 84 valence electrons. The van der Waals surface area contributed by atoms with E-state index in [1.165, 1.54) is 0 Å². The van der Waals surface area contributed by atoms with Gasteiger partial charge in [-0.2, -0.15) is 0 Å². The Bertz CT molecular complexity index is 343. The Morgan fingerprint density at radius 3 is 2.80 bits per heavy atom. The molecule has 1 unspecified atom stereocenters. The molecule has 0 aliphatic carbocycles. The van der Waals surface area contributed by atoms with Crippen molar-refractivity contribution in [3.8, 4) is 0 Å². The average molecular weight is 210 g/mol. The fraction of sp³-hybridized carbons (Fsp3) is 0.700. The monoisotopic (exact) mass is 210 g/mol. The van der Waals surface area contributed by atoms with Crippen molar-refractivity contribution < 1.29 is 4.79 Å². The highest BCUT2D eigenvalue weighted by Crippen LogP contribution is 2.12. The maximum absolute atomic E-state index is 11.8. The lowest BCUT2D eigenvalue weighted by atomic mass is 9.90. The zero-order chi connectivity index (χ0) is 11.5. The molecule has 0 bridgehead atoms. The summed E-state index contributed by atoms with van der Waals surface area (Å²) in [5.74, 6) is 0.0184. The molecular weight excluding hydrogens is 192 g/mol. The molecule has 0 spiro atoms. The van der Waals surface area contributed by atoms with Crippen LogP contribution in [0.1, 0.15) is 32.4 Å². The van der Waals surface area contributed by atoms with E-state index in [4.69, 9.17) is 5.73 Å². The number of carbonyl (C=O) groups is 1. The van der Waals surface area contributed by atoms with Crippen molar-refractivity contribution in [1.29, 1.82) is 0 Å². The highest BCUT2D eigenvalue weighted by molar-refractivity contribution is 5.89. The summed E-state index contributed by atoms with van der Waals surface area (Å²) in [6.45, 7) is 3.79. The molecule has 0 amide bonds. The number of hydrogen-bond donors (Lipinski definition) is 1. The van der Waals surface area contributed by atoms with E-state index in [0.29, 0.717) is 12.1 Å². The lowest BCUT2D eigenvalue weighted by molar-refractivity contribution is -0.123. The molecule has 1 heterocycles. The molecule has 0 aliphatic heterocycles. The van der Waals surface area contributed by atoms with Crippen LogP contribution in [0.3, 0.4) is 0 Å². The van der Waals surface area contributed by atoms with E-state index in [1.807, 2.05) is 6.92 Å². The van der Waals surface area contributed by atoms with Gasteiger partial charge in [0, 0.05) is 13.2 Å². The first kappa shape index (κ1) is 11.8. The van der Waals surface area contributed by atoms with Crippen molar-refractivity contribution in [3.05, 3.63) is 11.9 Å². The fourth-order valence-electron chi connectivity index (χ4n) is 1.50. The van der Waals surface area contributed by atoms with Crippen LogP contribution in [0.25, 0.3) is 0 Å². The van der Waals surface area contributed by atoms with Crippen LogP contribution in [0, 0.1) is 0 Å². The Morgan fingerprint density at radius 2 is 2.33 bits per heavy atom. The van der Waals surface area contributed by atoms with Crippen molar-refractivity contribution in [2.75, 3.05) is 0 Å². The first-order valence-corrected chi connectivity index (χ1v) is 5.13. The Hall–Kier alpha value is -1.23. The fourth-order valence-corrected chi connectivity index (χ4v) is 1.50. The first-order valence-electron chi connectivity index (χ1n) is 5.13. The van der Waals surface area contributed by atoms with Gasteiger partial charge < -0.3 is 5.73 Å². The number of rotatable bonds is 5. The molecule has 0 radical (unpaired) electrons. The molecule has 2 N–H and O–H groups in total. The molecule has 5 heteroatoms. The highest BCUT2D eigenvalue weighted by atomic mass is 16.1. The van der Waals surface area contributed by atoms with Crippen LogP contribution in [0.15, 0.2) is 6.20 Å². The van der Waals surface area contributed by atoms with Crippen molar-refractivity contribution in [3.63, 3.8) is 0 Å². The zero-order valence-electron chi connectivity index (χ0n) is 9.53. The van der Waals surface area contributed by atoms with Gasteiger partial charge in [0.05, 0.1) is 17.7 Å². The first-order chi connectivity index (χ1) is 6.95. The smallest absolute Gasteiger partial charge is 0.158 e. The number of hydrogen-bond acceptors (Lipinski definition) is 4. The molecule has 0 saturated carbocycles. The predicted molar refractivity (Wildman–Crippen MR) is 57.2 cm³/mol. The van der Waals surface area contributed by atoms with Gasteiger partial charge in [0.2, 0.25) is 0 Å². The summed E-state index contributed by atoms with van der Waals surface area (Å²) in [6, 6.07) is 0. The van der Waals surface area contributed by atoms with E-state index in [0.717, 1.165) is 6.42 Å². The van der Waals surface area contributed by atoms with Gasteiger partial charge in [-0.15, -0.1) is 5.10 Å². The summed E-state index contributed by atoms with van der Waals surface area (Å²) in [4.78, 5) is 11.8. The van der Waals surface area contributed by atoms with Gasteiger partial charge in [0.25, 0.3) is 0 Å². The number of ketones is 1. The van der Waals surface area contributed by atoms with Gasteiger partial charge in [-0.25, -0.2) is 0 Å². The Balaban J connectivity index is 2.63. The van der Waals surface area contributed by atoms with Gasteiger partial charge in [-0.05, 0) is 13.3 Å². The molecule has 1 atom stereocenters. The lowest BCUT2D eigenvalue weighted by Crippen LogP contribution is -2.45. The van der Waals surface area contributed by atoms with E-state index in [2.05, 4.69) is 10.3 Å². The van der Waals surface area contributed by atoms with E-state index in [1.54, 1.807) is 24.9 Å². The maximum Gasteiger partial charge on any atom is 0.158 e. The maximum atomic E-state index is 11.8. The second-order valence-electron chi connectivity index (χ2n) is 4.15. The second-order valence-corrected chi connectivity index (χ2v) is 4.15. The van der Waals surface area contributed by atoms with Gasteiger partial charge in [-0.3, -0.25) is 9.48 Å². The lowest BCUT2D eigenvalue weighted by Gasteiger charge is -2.21. The van der Waals surface area contributed by atoms with E-state index in [-0.39, 0.29) is 12.2 Å². The summed E-state index contributed by atoms with van der Waals surface area (Å²) in [5, 5.41) is 7.64. The van der Waals surface area contributed by atoms with E-state index < -0.39 is 5.54 Å². The minimum Gasteiger partial charge on any atom is -0.319 e. The predicted octanol–water partition coefficient (Wildman–Crippen LogP) is 0.444. The van der Waals surface area contributed by atoms with Crippen LogP contribution >= 0.6 is 0 Å². The molecule has 0 aromatic carbocycles. The van der Waals surface area contributed by atoms with Crippen molar-refractivity contribution in [1.82, 2.24) is 15.0 Å². The van der Waals surface area contributed by atoms with Crippen molar-refractivity contribution in [2.24, 2.45) is 12.8 Å². The molecule has 1 aromatic heterocycles. The molecule has 0 aliphatic rings. The summed E-state index contributed by atoms with van der Waals surface area (Å²) in [5.41, 5.74) is 5.85. The Morgan fingerprint density at radius 1 is 1.67 bits per heavy atom. The van der Waals surface area contributed by atoms with Crippen molar-refractivity contribution in [2.45, 2.75) is 38.6 Å². The van der Waals surface area contributed by atoms with E-state index >= 15 is 0 Å². The normalized spacial score (nSPS) is 14.9. The van der Waals surface area contributed by atoms with Crippen molar-refractivity contribution >= 4 is 5.78 Å².